The number of aromatic nitrogens is 3. The molecule has 5 nitrogen and oxygen atoms in total. The van der Waals surface area contributed by atoms with E-state index in [9.17, 15) is 0 Å². The van der Waals surface area contributed by atoms with Crippen LogP contribution in [0.25, 0.3) is 0 Å². The van der Waals surface area contributed by atoms with E-state index in [4.69, 9.17) is 4.98 Å². The highest BCUT2D eigenvalue weighted by atomic mass is 15.4. The third-order valence-corrected chi connectivity index (χ3v) is 4.64. The lowest BCUT2D eigenvalue weighted by Gasteiger charge is -2.28. The summed E-state index contributed by atoms with van der Waals surface area (Å²) in [6, 6.07) is 8.88. The molecule has 3 heterocycles. The Morgan fingerprint density at radius 1 is 1.09 bits per heavy atom. The van der Waals surface area contributed by atoms with Crippen molar-refractivity contribution in [2.45, 2.75) is 38.6 Å². The number of anilines is 3. The molecule has 22 heavy (non-hydrogen) atoms. The lowest BCUT2D eigenvalue weighted by atomic mass is 10.1. The first-order valence-corrected chi connectivity index (χ1v) is 8.15. The number of piperidine rings is 1. The molecule has 0 spiro atoms. The van der Waals surface area contributed by atoms with Gasteiger partial charge in [0.1, 0.15) is 0 Å². The van der Waals surface area contributed by atoms with Crippen LogP contribution in [-0.4, -0.2) is 34.3 Å². The molecule has 1 atom stereocenters. The van der Waals surface area contributed by atoms with E-state index in [1.54, 1.807) is 6.20 Å². The number of nitrogens with zero attached hydrogens (tertiary/aromatic N) is 5. The Balaban J connectivity index is 1.68. The van der Waals surface area contributed by atoms with Crippen molar-refractivity contribution in [2.24, 2.45) is 0 Å². The Bertz CT molecular complexity index is 666. The standard InChI is InChI=1S/C17H21N5/c1-13-11-14-7-3-4-8-15(14)22(13)17-19-16(12-18-20-17)21-9-5-2-6-10-21/h3-4,7-8,12-13H,2,5-6,9-11H2,1H3. The zero-order valence-corrected chi connectivity index (χ0v) is 12.9. The molecule has 5 heteroatoms. The second-order valence-corrected chi connectivity index (χ2v) is 6.21. The predicted molar refractivity (Wildman–Crippen MR) is 87.6 cm³/mol. The average Bonchev–Trinajstić information content (AvgIpc) is 2.91. The van der Waals surface area contributed by atoms with Crippen molar-refractivity contribution in [3.05, 3.63) is 36.0 Å². The van der Waals surface area contributed by atoms with Crippen molar-refractivity contribution >= 4 is 17.5 Å². The van der Waals surface area contributed by atoms with E-state index in [0.29, 0.717) is 6.04 Å². The maximum atomic E-state index is 4.81. The summed E-state index contributed by atoms with van der Waals surface area (Å²) in [4.78, 5) is 9.35. The van der Waals surface area contributed by atoms with Crippen molar-refractivity contribution in [1.82, 2.24) is 15.2 Å². The van der Waals surface area contributed by atoms with Gasteiger partial charge in [-0.05, 0) is 44.2 Å². The summed E-state index contributed by atoms with van der Waals surface area (Å²) < 4.78 is 0. The summed E-state index contributed by atoms with van der Waals surface area (Å²) in [5.74, 6) is 1.68. The minimum atomic E-state index is 0.371. The minimum Gasteiger partial charge on any atom is -0.355 e. The fourth-order valence-corrected chi connectivity index (χ4v) is 3.53. The zero-order valence-electron chi connectivity index (χ0n) is 12.9. The van der Waals surface area contributed by atoms with Crippen LogP contribution in [0.5, 0.6) is 0 Å². The molecule has 1 aromatic carbocycles. The molecule has 1 unspecified atom stereocenters. The highest BCUT2D eigenvalue weighted by Gasteiger charge is 2.29. The van der Waals surface area contributed by atoms with Crippen LogP contribution in [0.2, 0.25) is 0 Å². The molecule has 0 N–H and O–H groups in total. The number of rotatable bonds is 2. The van der Waals surface area contributed by atoms with Gasteiger partial charge in [0.15, 0.2) is 5.82 Å². The Hall–Kier alpha value is -2.17. The van der Waals surface area contributed by atoms with Gasteiger partial charge >= 0.3 is 0 Å². The van der Waals surface area contributed by atoms with Gasteiger partial charge in [0.2, 0.25) is 0 Å². The molecule has 0 aliphatic carbocycles. The SMILES string of the molecule is CC1Cc2ccccc2N1c1nncc(N2CCCCC2)n1. The van der Waals surface area contributed by atoms with E-state index in [-0.39, 0.29) is 0 Å². The zero-order chi connectivity index (χ0) is 14.9. The second kappa shape index (κ2) is 5.55. The second-order valence-electron chi connectivity index (χ2n) is 6.21. The van der Waals surface area contributed by atoms with Crippen LogP contribution in [0, 0.1) is 0 Å². The summed E-state index contributed by atoms with van der Waals surface area (Å²) in [7, 11) is 0. The van der Waals surface area contributed by atoms with Crippen molar-refractivity contribution in [1.29, 1.82) is 0 Å². The van der Waals surface area contributed by atoms with Crippen LogP contribution < -0.4 is 9.80 Å². The number of hydrogen-bond donors (Lipinski definition) is 0. The summed E-state index contributed by atoms with van der Waals surface area (Å²) in [6.45, 7) is 4.37. The van der Waals surface area contributed by atoms with Crippen molar-refractivity contribution in [2.75, 3.05) is 22.9 Å². The van der Waals surface area contributed by atoms with Gasteiger partial charge in [0.05, 0.1) is 6.20 Å². The lowest BCUT2D eigenvalue weighted by molar-refractivity contribution is 0.571. The number of para-hydroxylation sites is 1. The molecular formula is C17H21N5. The molecule has 1 saturated heterocycles. The molecule has 1 aromatic heterocycles. The fraction of sp³-hybridized carbons (Fsp3) is 0.471. The van der Waals surface area contributed by atoms with E-state index >= 15 is 0 Å². The first kappa shape index (κ1) is 13.5. The summed E-state index contributed by atoms with van der Waals surface area (Å²) >= 11 is 0. The third kappa shape index (κ3) is 2.30. The fourth-order valence-electron chi connectivity index (χ4n) is 3.53. The summed E-state index contributed by atoms with van der Waals surface area (Å²) in [6.07, 6.45) is 6.62. The van der Waals surface area contributed by atoms with Gasteiger partial charge in [0.25, 0.3) is 5.95 Å². The quantitative estimate of drug-likeness (QED) is 0.852. The normalized spacial score (nSPS) is 21.0. The summed E-state index contributed by atoms with van der Waals surface area (Å²) in [5.41, 5.74) is 2.58. The van der Waals surface area contributed by atoms with Crippen LogP contribution in [0.3, 0.4) is 0 Å². The van der Waals surface area contributed by atoms with Gasteiger partial charge in [-0.2, -0.15) is 10.1 Å². The van der Waals surface area contributed by atoms with E-state index < -0.39 is 0 Å². The molecule has 114 valence electrons. The molecule has 1 fully saturated rings. The Morgan fingerprint density at radius 2 is 1.91 bits per heavy atom. The van der Waals surface area contributed by atoms with Crippen molar-refractivity contribution in [3.63, 3.8) is 0 Å². The Kier molecular flexibility index (Phi) is 3.41. The van der Waals surface area contributed by atoms with Crippen LogP contribution in [0.1, 0.15) is 31.7 Å². The van der Waals surface area contributed by atoms with Crippen LogP contribution in [0.4, 0.5) is 17.5 Å². The maximum Gasteiger partial charge on any atom is 0.252 e. The first-order valence-electron chi connectivity index (χ1n) is 8.15. The molecular weight excluding hydrogens is 274 g/mol. The van der Waals surface area contributed by atoms with Gasteiger partial charge in [-0.3, -0.25) is 0 Å². The Morgan fingerprint density at radius 3 is 2.77 bits per heavy atom. The van der Waals surface area contributed by atoms with E-state index in [1.165, 1.54) is 30.5 Å². The third-order valence-electron chi connectivity index (χ3n) is 4.64. The van der Waals surface area contributed by atoms with Crippen LogP contribution in [-0.2, 0) is 6.42 Å². The lowest BCUT2D eigenvalue weighted by Crippen LogP contribution is -2.32. The first-order chi connectivity index (χ1) is 10.8. The molecule has 0 radical (unpaired) electrons. The van der Waals surface area contributed by atoms with E-state index in [1.807, 2.05) is 0 Å². The Labute approximate surface area is 131 Å². The molecule has 2 aliphatic rings. The van der Waals surface area contributed by atoms with E-state index in [2.05, 4.69) is 51.2 Å². The molecule has 0 saturated carbocycles. The van der Waals surface area contributed by atoms with Crippen molar-refractivity contribution < 1.29 is 0 Å². The number of hydrogen-bond acceptors (Lipinski definition) is 5. The monoisotopic (exact) mass is 295 g/mol. The highest BCUT2D eigenvalue weighted by molar-refractivity contribution is 5.67. The molecule has 0 bridgehead atoms. The molecule has 4 rings (SSSR count). The van der Waals surface area contributed by atoms with Crippen LogP contribution >= 0.6 is 0 Å². The van der Waals surface area contributed by atoms with Crippen molar-refractivity contribution in [3.8, 4) is 0 Å². The number of fused-ring (bicyclic) bond motifs is 1. The molecule has 0 amide bonds. The van der Waals surface area contributed by atoms with E-state index in [0.717, 1.165) is 31.3 Å². The maximum absolute atomic E-state index is 4.81. The van der Waals surface area contributed by atoms with Gasteiger partial charge < -0.3 is 9.80 Å². The molecule has 2 aromatic rings. The minimum absolute atomic E-state index is 0.371. The topological polar surface area (TPSA) is 45.2 Å². The van der Waals surface area contributed by atoms with Crippen LogP contribution in [0.15, 0.2) is 30.5 Å². The van der Waals surface area contributed by atoms with Gasteiger partial charge in [-0.15, -0.1) is 5.10 Å². The van der Waals surface area contributed by atoms with Gasteiger partial charge in [0, 0.05) is 24.8 Å². The van der Waals surface area contributed by atoms with Gasteiger partial charge in [-0.25, -0.2) is 0 Å². The smallest absolute Gasteiger partial charge is 0.252 e. The predicted octanol–water partition coefficient (Wildman–Crippen LogP) is 2.94. The average molecular weight is 295 g/mol. The van der Waals surface area contributed by atoms with Gasteiger partial charge in [-0.1, -0.05) is 18.2 Å². The molecule has 2 aliphatic heterocycles. The largest absolute Gasteiger partial charge is 0.355 e. The summed E-state index contributed by atoms with van der Waals surface area (Å²) in [5, 5.41) is 8.52. The number of benzene rings is 1. The highest BCUT2D eigenvalue weighted by Crippen LogP contribution is 2.36.